The highest BCUT2D eigenvalue weighted by Crippen LogP contribution is 2.24. The van der Waals surface area contributed by atoms with Gasteiger partial charge in [-0.15, -0.1) is 0 Å². The standard InChI is InChI=1S/C26H25N5O/c1-3-31(4-2)21-13-11-19(12-14-21)17-28-30-26(32)23-16-25(20-8-7-15-27-18-20)29-24-10-6-5-9-22(23)24/h5-18H,3-4H2,1-2H3,(H,30,32). The van der Waals surface area contributed by atoms with Crippen molar-refractivity contribution in [3.8, 4) is 11.3 Å². The van der Waals surface area contributed by atoms with Crippen molar-refractivity contribution in [2.45, 2.75) is 13.8 Å². The summed E-state index contributed by atoms with van der Waals surface area (Å²) in [6.07, 6.45) is 5.09. The predicted molar refractivity (Wildman–Crippen MR) is 130 cm³/mol. The maximum Gasteiger partial charge on any atom is 0.272 e. The summed E-state index contributed by atoms with van der Waals surface area (Å²) < 4.78 is 0. The Balaban J connectivity index is 1.56. The van der Waals surface area contributed by atoms with E-state index in [-0.39, 0.29) is 5.91 Å². The van der Waals surface area contributed by atoms with E-state index in [9.17, 15) is 4.79 Å². The number of fused-ring (bicyclic) bond motifs is 1. The fraction of sp³-hybridized carbons (Fsp3) is 0.154. The maximum atomic E-state index is 13.0. The van der Waals surface area contributed by atoms with E-state index in [1.54, 1.807) is 24.7 Å². The third kappa shape index (κ3) is 4.64. The first-order valence-electron chi connectivity index (χ1n) is 10.7. The molecule has 1 N–H and O–H groups in total. The third-order valence-electron chi connectivity index (χ3n) is 5.32. The molecule has 32 heavy (non-hydrogen) atoms. The van der Waals surface area contributed by atoms with Crippen molar-refractivity contribution in [2.24, 2.45) is 5.10 Å². The van der Waals surface area contributed by atoms with Crippen molar-refractivity contribution < 1.29 is 4.79 Å². The lowest BCUT2D eigenvalue weighted by Crippen LogP contribution is -2.21. The second-order valence-electron chi connectivity index (χ2n) is 7.28. The molecule has 0 atom stereocenters. The van der Waals surface area contributed by atoms with Gasteiger partial charge in [-0.05, 0) is 55.8 Å². The minimum Gasteiger partial charge on any atom is -0.372 e. The first-order valence-corrected chi connectivity index (χ1v) is 10.7. The molecule has 160 valence electrons. The summed E-state index contributed by atoms with van der Waals surface area (Å²) >= 11 is 0. The van der Waals surface area contributed by atoms with Crippen LogP contribution in [0.4, 0.5) is 5.69 Å². The average molecular weight is 424 g/mol. The van der Waals surface area contributed by atoms with Crippen LogP contribution in [0.1, 0.15) is 29.8 Å². The number of para-hydroxylation sites is 1. The van der Waals surface area contributed by atoms with Gasteiger partial charge in [0.05, 0.1) is 23.0 Å². The Morgan fingerprint density at radius 2 is 1.81 bits per heavy atom. The van der Waals surface area contributed by atoms with Gasteiger partial charge in [-0.3, -0.25) is 9.78 Å². The number of benzene rings is 2. The van der Waals surface area contributed by atoms with Gasteiger partial charge < -0.3 is 4.90 Å². The van der Waals surface area contributed by atoms with Gasteiger partial charge >= 0.3 is 0 Å². The van der Waals surface area contributed by atoms with E-state index in [4.69, 9.17) is 4.98 Å². The van der Waals surface area contributed by atoms with Crippen LogP contribution >= 0.6 is 0 Å². The molecule has 2 aromatic heterocycles. The Labute approximate surface area is 187 Å². The lowest BCUT2D eigenvalue weighted by Gasteiger charge is -2.20. The van der Waals surface area contributed by atoms with E-state index in [1.807, 2.05) is 48.5 Å². The molecule has 0 spiro atoms. The molecule has 0 aliphatic rings. The Morgan fingerprint density at radius 3 is 2.53 bits per heavy atom. The molecule has 2 aromatic carbocycles. The number of hydrogen-bond donors (Lipinski definition) is 1. The van der Waals surface area contributed by atoms with Crippen LogP contribution in [0.5, 0.6) is 0 Å². The van der Waals surface area contributed by atoms with Crippen LogP contribution in [0.25, 0.3) is 22.2 Å². The molecule has 0 aliphatic carbocycles. The lowest BCUT2D eigenvalue weighted by atomic mass is 10.0. The zero-order chi connectivity index (χ0) is 22.3. The van der Waals surface area contributed by atoms with E-state index >= 15 is 0 Å². The summed E-state index contributed by atoms with van der Waals surface area (Å²) in [6, 6.07) is 21.2. The zero-order valence-corrected chi connectivity index (χ0v) is 18.2. The number of nitrogens with zero attached hydrogens (tertiary/aromatic N) is 4. The highest BCUT2D eigenvalue weighted by molar-refractivity contribution is 6.07. The topological polar surface area (TPSA) is 70.5 Å². The van der Waals surface area contributed by atoms with E-state index in [1.165, 1.54) is 5.69 Å². The van der Waals surface area contributed by atoms with Gasteiger partial charge in [-0.1, -0.05) is 30.3 Å². The number of amides is 1. The smallest absolute Gasteiger partial charge is 0.272 e. The molecule has 6 nitrogen and oxygen atoms in total. The van der Waals surface area contributed by atoms with Crippen LogP contribution in [-0.4, -0.2) is 35.2 Å². The highest BCUT2D eigenvalue weighted by Gasteiger charge is 2.13. The fourth-order valence-corrected chi connectivity index (χ4v) is 3.61. The second-order valence-corrected chi connectivity index (χ2v) is 7.28. The van der Waals surface area contributed by atoms with Crippen molar-refractivity contribution in [1.82, 2.24) is 15.4 Å². The van der Waals surface area contributed by atoms with E-state index < -0.39 is 0 Å². The number of rotatable bonds is 7. The number of aromatic nitrogens is 2. The molecule has 0 saturated carbocycles. The van der Waals surface area contributed by atoms with Crippen LogP contribution in [0.15, 0.2) is 84.2 Å². The molecule has 0 saturated heterocycles. The fourth-order valence-electron chi connectivity index (χ4n) is 3.61. The number of carbonyl (C=O) groups excluding carboxylic acids is 1. The Kier molecular flexibility index (Phi) is 6.51. The van der Waals surface area contributed by atoms with E-state index in [0.29, 0.717) is 11.3 Å². The molecular formula is C26H25N5O. The number of nitrogens with one attached hydrogen (secondary N) is 1. The van der Waals surface area contributed by atoms with E-state index in [0.717, 1.165) is 35.1 Å². The van der Waals surface area contributed by atoms with Gasteiger partial charge in [-0.25, -0.2) is 10.4 Å². The van der Waals surface area contributed by atoms with Crippen LogP contribution in [0.2, 0.25) is 0 Å². The first-order chi connectivity index (χ1) is 15.7. The summed E-state index contributed by atoms with van der Waals surface area (Å²) in [5.74, 6) is -0.287. The van der Waals surface area contributed by atoms with Gasteiger partial charge in [0.1, 0.15) is 0 Å². The Hall–Kier alpha value is -4.06. The monoisotopic (exact) mass is 423 g/mol. The molecule has 1 amide bonds. The van der Waals surface area contributed by atoms with Crippen molar-refractivity contribution in [3.63, 3.8) is 0 Å². The van der Waals surface area contributed by atoms with Crippen LogP contribution < -0.4 is 10.3 Å². The summed E-state index contributed by atoms with van der Waals surface area (Å²) in [5, 5.41) is 4.95. The molecule has 6 heteroatoms. The van der Waals surface area contributed by atoms with Crippen LogP contribution in [-0.2, 0) is 0 Å². The number of carbonyl (C=O) groups is 1. The maximum absolute atomic E-state index is 13.0. The number of hydrogen-bond acceptors (Lipinski definition) is 5. The molecule has 4 aromatic rings. The summed E-state index contributed by atoms with van der Waals surface area (Å²) in [5.41, 5.74) is 7.54. The SMILES string of the molecule is CCN(CC)c1ccc(C=NNC(=O)c2cc(-c3cccnc3)nc3ccccc23)cc1. The Bertz CT molecular complexity index is 1230. The molecular weight excluding hydrogens is 398 g/mol. The summed E-state index contributed by atoms with van der Waals surface area (Å²) in [7, 11) is 0. The normalized spacial score (nSPS) is 11.1. The van der Waals surface area contributed by atoms with Crippen molar-refractivity contribution >= 4 is 28.7 Å². The van der Waals surface area contributed by atoms with Crippen LogP contribution in [0, 0.1) is 0 Å². The van der Waals surface area contributed by atoms with Gasteiger partial charge in [-0.2, -0.15) is 5.10 Å². The van der Waals surface area contributed by atoms with Crippen molar-refractivity contribution in [3.05, 3.63) is 90.3 Å². The number of anilines is 1. The predicted octanol–water partition coefficient (Wildman–Crippen LogP) is 4.91. The van der Waals surface area contributed by atoms with Gasteiger partial charge in [0, 0.05) is 42.1 Å². The molecule has 0 bridgehead atoms. The molecule has 0 aliphatic heterocycles. The van der Waals surface area contributed by atoms with E-state index in [2.05, 4.69) is 46.4 Å². The molecule has 4 rings (SSSR count). The molecule has 0 unspecified atom stereocenters. The van der Waals surface area contributed by atoms with Crippen molar-refractivity contribution in [1.29, 1.82) is 0 Å². The summed E-state index contributed by atoms with van der Waals surface area (Å²) in [6.45, 7) is 6.19. The minimum absolute atomic E-state index is 0.287. The summed E-state index contributed by atoms with van der Waals surface area (Å²) in [4.78, 5) is 24.1. The molecule has 0 radical (unpaired) electrons. The van der Waals surface area contributed by atoms with Crippen molar-refractivity contribution in [2.75, 3.05) is 18.0 Å². The Morgan fingerprint density at radius 1 is 1.03 bits per heavy atom. The highest BCUT2D eigenvalue weighted by atomic mass is 16.2. The number of hydrazone groups is 1. The second kappa shape index (κ2) is 9.83. The van der Waals surface area contributed by atoms with Gasteiger partial charge in [0.25, 0.3) is 5.91 Å². The zero-order valence-electron chi connectivity index (χ0n) is 18.2. The quantitative estimate of drug-likeness (QED) is 0.339. The van der Waals surface area contributed by atoms with Gasteiger partial charge in [0.2, 0.25) is 0 Å². The largest absolute Gasteiger partial charge is 0.372 e. The molecule has 2 heterocycles. The number of pyridine rings is 2. The van der Waals surface area contributed by atoms with Gasteiger partial charge in [0.15, 0.2) is 0 Å². The lowest BCUT2D eigenvalue weighted by molar-refractivity contribution is 0.0956. The molecule has 0 fully saturated rings. The minimum atomic E-state index is -0.287. The van der Waals surface area contributed by atoms with Crippen LogP contribution in [0.3, 0.4) is 0 Å². The average Bonchev–Trinajstić information content (AvgIpc) is 2.85. The first kappa shape index (κ1) is 21.2. The third-order valence-corrected chi connectivity index (χ3v) is 5.32.